The highest BCUT2D eigenvalue weighted by Crippen LogP contribution is 2.37. The Kier molecular flexibility index (Phi) is 3.91. The van der Waals surface area contributed by atoms with Gasteiger partial charge in [-0.15, -0.1) is 0 Å². The Balaban J connectivity index is 1.95. The highest BCUT2D eigenvalue weighted by Gasteiger charge is 2.46. The van der Waals surface area contributed by atoms with Gasteiger partial charge in [-0.3, -0.25) is 9.59 Å². The van der Waals surface area contributed by atoms with Gasteiger partial charge in [0.05, 0.1) is 6.61 Å². The molecule has 2 aromatic rings. The van der Waals surface area contributed by atoms with E-state index >= 15 is 0 Å². The number of halogens is 2. The summed E-state index contributed by atoms with van der Waals surface area (Å²) in [6, 6.07) is 0.786. The topological polar surface area (TPSA) is 112 Å². The van der Waals surface area contributed by atoms with Crippen LogP contribution in [0.5, 0.6) is 0 Å². The minimum Gasteiger partial charge on any atom is -0.378 e. The van der Waals surface area contributed by atoms with Crippen molar-refractivity contribution in [2.75, 3.05) is 7.11 Å². The minimum atomic E-state index is -2.73. The number of aromatic nitrogens is 3. The molecule has 10 heteroatoms. The number of rotatable bonds is 5. The Morgan fingerprint density at radius 2 is 2.21 bits per heavy atom. The number of nitrogens with zero attached hydrogens (tertiary/aromatic N) is 3. The number of methoxy groups -OCH3 is 1. The molecule has 8 nitrogen and oxygen atoms in total. The SMILES string of the molecule is COCc1nn2c(C(=O)NC3CC(F)(F)C3)ccnc2c1C(N)=O. The van der Waals surface area contributed by atoms with Crippen molar-refractivity contribution in [1.82, 2.24) is 19.9 Å². The van der Waals surface area contributed by atoms with E-state index in [0.717, 1.165) is 0 Å². The number of hydrogen-bond acceptors (Lipinski definition) is 5. The Hall–Kier alpha value is -2.62. The Morgan fingerprint density at radius 1 is 1.50 bits per heavy atom. The molecule has 0 spiro atoms. The lowest BCUT2D eigenvalue weighted by atomic mass is 9.88. The summed E-state index contributed by atoms with van der Waals surface area (Å²) >= 11 is 0. The molecule has 0 saturated heterocycles. The first-order chi connectivity index (χ1) is 11.3. The van der Waals surface area contributed by atoms with Crippen molar-refractivity contribution in [1.29, 1.82) is 0 Å². The van der Waals surface area contributed by atoms with Gasteiger partial charge in [-0.2, -0.15) is 5.10 Å². The number of carbonyl (C=O) groups is 2. The third-order valence-corrected chi connectivity index (χ3v) is 3.78. The smallest absolute Gasteiger partial charge is 0.270 e. The van der Waals surface area contributed by atoms with E-state index in [0.29, 0.717) is 0 Å². The number of primary amides is 1. The number of nitrogens with two attached hydrogens (primary N) is 1. The Bertz CT molecular complexity index is 812. The van der Waals surface area contributed by atoms with Gasteiger partial charge >= 0.3 is 0 Å². The zero-order valence-electron chi connectivity index (χ0n) is 12.8. The molecule has 0 radical (unpaired) electrons. The fraction of sp³-hybridized carbons (Fsp3) is 0.429. The van der Waals surface area contributed by atoms with E-state index in [1.807, 2.05) is 0 Å². The summed E-state index contributed by atoms with van der Waals surface area (Å²) in [5, 5.41) is 6.66. The molecule has 3 rings (SSSR count). The second-order valence-electron chi connectivity index (χ2n) is 5.62. The number of carbonyl (C=O) groups excluding carboxylic acids is 2. The molecule has 24 heavy (non-hydrogen) atoms. The van der Waals surface area contributed by atoms with Crippen molar-refractivity contribution in [3.05, 3.63) is 29.2 Å². The second kappa shape index (κ2) is 5.78. The average molecular weight is 339 g/mol. The molecule has 0 unspecified atom stereocenters. The summed E-state index contributed by atoms with van der Waals surface area (Å²) in [7, 11) is 1.42. The van der Waals surface area contributed by atoms with Crippen molar-refractivity contribution in [3.8, 4) is 0 Å². The first-order valence-electron chi connectivity index (χ1n) is 7.16. The monoisotopic (exact) mass is 339 g/mol. The van der Waals surface area contributed by atoms with Gasteiger partial charge in [-0.05, 0) is 6.07 Å². The average Bonchev–Trinajstić information content (AvgIpc) is 2.83. The summed E-state index contributed by atoms with van der Waals surface area (Å²) in [6.45, 7) is 0.0114. The maximum Gasteiger partial charge on any atom is 0.270 e. The van der Waals surface area contributed by atoms with E-state index in [-0.39, 0.29) is 29.2 Å². The summed E-state index contributed by atoms with van der Waals surface area (Å²) in [6.07, 6.45) is 0.533. The lowest BCUT2D eigenvalue weighted by Gasteiger charge is -2.35. The van der Waals surface area contributed by atoms with Gasteiger partial charge in [0.15, 0.2) is 5.65 Å². The van der Waals surface area contributed by atoms with Gasteiger partial charge in [0, 0.05) is 32.2 Å². The summed E-state index contributed by atoms with van der Waals surface area (Å²) in [5.41, 5.74) is 5.83. The molecular weight excluding hydrogens is 324 g/mol. The Labute approximate surface area is 135 Å². The van der Waals surface area contributed by atoms with Gasteiger partial charge in [0.2, 0.25) is 0 Å². The maximum atomic E-state index is 12.9. The molecule has 2 heterocycles. The summed E-state index contributed by atoms with van der Waals surface area (Å²) < 4.78 is 31.9. The van der Waals surface area contributed by atoms with Crippen LogP contribution in [0.3, 0.4) is 0 Å². The maximum absolute atomic E-state index is 12.9. The molecule has 2 aromatic heterocycles. The van der Waals surface area contributed by atoms with Crippen LogP contribution in [-0.2, 0) is 11.3 Å². The van der Waals surface area contributed by atoms with E-state index < -0.39 is 36.6 Å². The summed E-state index contributed by atoms with van der Waals surface area (Å²) in [4.78, 5) is 28.0. The quantitative estimate of drug-likeness (QED) is 0.824. The van der Waals surface area contributed by atoms with Gasteiger partial charge in [0.1, 0.15) is 17.0 Å². The van der Waals surface area contributed by atoms with Crippen LogP contribution in [-0.4, -0.2) is 45.5 Å². The largest absolute Gasteiger partial charge is 0.378 e. The second-order valence-corrected chi connectivity index (χ2v) is 5.62. The van der Waals surface area contributed by atoms with Crippen molar-refractivity contribution in [2.45, 2.75) is 31.4 Å². The lowest BCUT2D eigenvalue weighted by molar-refractivity contribution is -0.0901. The third kappa shape index (κ3) is 2.80. The molecule has 0 bridgehead atoms. The molecular formula is C14H15F2N5O3. The van der Waals surface area contributed by atoms with E-state index in [1.165, 1.54) is 23.9 Å². The van der Waals surface area contributed by atoms with Crippen LogP contribution < -0.4 is 11.1 Å². The van der Waals surface area contributed by atoms with Crippen LogP contribution >= 0.6 is 0 Å². The standard InChI is InChI=1S/C14H15F2N5O3/c1-24-6-8-10(11(17)22)12-18-3-2-9(21(12)20-8)13(23)19-7-4-14(15,16)5-7/h2-3,7H,4-6H2,1H3,(H2,17,22)(H,19,23). The highest BCUT2D eigenvalue weighted by atomic mass is 19.3. The van der Waals surface area contributed by atoms with Crippen LogP contribution in [0.4, 0.5) is 8.78 Å². The van der Waals surface area contributed by atoms with E-state index in [1.54, 1.807) is 0 Å². The molecule has 1 saturated carbocycles. The predicted octanol–water partition coefficient (Wildman–Crippen LogP) is 0.502. The van der Waals surface area contributed by atoms with Gasteiger partial charge in [0.25, 0.3) is 17.7 Å². The Morgan fingerprint density at radius 3 is 2.79 bits per heavy atom. The zero-order valence-corrected chi connectivity index (χ0v) is 12.8. The lowest BCUT2D eigenvalue weighted by Crippen LogP contribution is -2.50. The van der Waals surface area contributed by atoms with Crippen LogP contribution in [0.1, 0.15) is 39.4 Å². The fourth-order valence-electron chi connectivity index (χ4n) is 2.67. The molecule has 0 atom stereocenters. The van der Waals surface area contributed by atoms with Crippen molar-refractivity contribution in [2.24, 2.45) is 5.73 Å². The predicted molar refractivity (Wildman–Crippen MR) is 77.7 cm³/mol. The molecule has 1 aliphatic carbocycles. The first-order valence-corrected chi connectivity index (χ1v) is 7.16. The van der Waals surface area contributed by atoms with Gasteiger partial charge in [-0.25, -0.2) is 18.3 Å². The van der Waals surface area contributed by atoms with Crippen molar-refractivity contribution < 1.29 is 23.1 Å². The molecule has 128 valence electrons. The molecule has 0 aromatic carbocycles. The number of nitrogens with one attached hydrogen (secondary N) is 1. The number of alkyl halides is 2. The van der Waals surface area contributed by atoms with E-state index in [2.05, 4.69) is 15.4 Å². The van der Waals surface area contributed by atoms with E-state index in [9.17, 15) is 18.4 Å². The molecule has 1 aliphatic rings. The van der Waals surface area contributed by atoms with Crippen LogP contribution in [0.15, 0.2) is 12.3 Å². The number of hydrogen-bond donors (Lipinski definition) is 2. The normalized spacial score (nSPS) is 16.8. The number of ether oxygens (including phenoxy) is 1. The first kappa shape index (κ1) is 16.2. The number of fused-ring (bicyclic) bond motifs is 1. The van der Waals surface area contributed by atoms with Crippen LogP contribution in [0.2, 0.25) is 0 Å². The molecule has 1 fully saturated rings. The van der Waals surface area contributed by atoms with Crippen molar-refractivity contribution in [3.63, 3.8) is 0 Å². The van der Waals surface area contributed by atoms with Crippen LogP contribution in [0, 0.1) is 0 Å². The van der Waals surface area contributed by atoms with Crippen molar-refractivity contribution >= 4 is 17.5 Å². The molecule has 3 N–H and O–H groups in total. The minimum absolute atomic E-state index is 0.0114. The fourth-order valence-corrected chi connectivity index (χ4v) is 2.67. The zero-order chi connectivity index (χ0) is 17.5. The summed E-state index contributed by atoms with van der Waals surface area (Å²) in [5.74, 6) is -4.06. The third-order valence-electron chi connectivity index (χ3n) is 3.78. The van der Waals surface area contributed by atoms with Gasteiger partial charge in [-0.1, -0.05) is 0 Å². The highest BCUT2D eigenvalue weighted by molar-refractivity contribution is 6.01. The molecule has 2 amide bonds. The van der Waals surface area contributed by atoms with Gasteiger partial charge < -0.3 is 15.8 Å². The van der Waals surface area contributed by atoms with Crippen LogP contribution in [0.25, 0.3) is 5.65 Å². The molecule has 0 aliphatic heterocycles. The number of amides is 2. The van der Waals surface area contributed by atoms with E-state index in [4.69, 9.17) is 10.5 Å².